The van der Waals surface area contributed by atoms with Crippen LogP contribution in [-0.4, -0.2) is 17.1 Å². The second-order valence-corrected chi connectivity index (χ2v) is 3.72. The summed E-state index contributed by atoms with van der Waals surface area (Å²) in [4.78, 5) is 14.9. The molecule has 1 aromatic heterocycles. The van der Waals surface area contributed by atoms with Crippen molar-refractivity contribution in [3.63, 3.8) is 0 Å². The van der Waals surface area contributed by atoms with Crippen LogP contribution in [0.2, 0.25) is 0 Å². The van der Waals surface area contributed by atoms with Crippen LogP contribution in [0.3, 0.4) is 0 Å². The van der Waals surface area contributed by atoms with Crippen LogP contribution < -0.4 is 0 Å². The fraction of sp³-hybridized carbons (Fsp3) is 0.455. The van der Waals surface area contributed by atoms with E-state index in [4.69, 9.17) is 4.74 Å². The van der Waals surface area contributed by atoms with E-state index >= 15 is 0 Å². The van der Waals surface area contributed by atoms with E-state index in [-0.39, 0.29) is 17.6 Å². The number of rotatable bonds is 3. The van der Waals surface area contributed by atoms with Crippen LogP contribution >= 0.6 is 0 Å². The summed E-state index contributed by atoms with van der Waals surface area (Å²) in [5.41, 5.74) is 0.268. The van der Waals surface area contributed by atoms with Gasteiger partial charge in [0.1, 0.15) is 6.10 Å². The highest BCUT2D eigenvalue weighted by molar-refractivity contribution is 5.89. The summed E-state index contributed by atoms with van der Waals surface area (Å²) in [6, 6.07) is 2.49. The number of ether oxygens (including phenoxy) is 1. The first-order chi connectivity index (χ1) is 7.00. The van der Waals surface area contributed by atoms with Gasteiger partial charge in [-0.15, -0.1) is 0 Å². The van der Waals surface area contributed by atoms with Crippen molar-refractivity contribution in [1.82, 2.24) is 4.98 Å². The lowest BCUT2D eigenvalue weighted by atomic mass is 10.1. The van der Waals surface area contributed by atoms with Gasteiger partial charge in [-0.25, -0.2) is 9.78 Å². The Kier molecular flexibility index (Phi) is 3.77. The first-order valence-corrected chi connectivity index (χ1v) is 4.83. The lowest BCUT2D eigenvalue weighted by Gasteiger charge is -2.16. The highest BCUT2D eigenvalue weighted by Gasteiger charge is 2.14. The van der Waals surface area contributed by atoms with Gasteiger partial charge in [-0.1, -0.05) is 13.8 Å². The van der Waals surface area contributed by atoms with Gasteiger partial charge >= 0.3 is 5.97 Å². The third-order valence-corrected chi connectivity index (χ3v) is 2.19. The van der Waals surface area contributed by atoms with E-state index in [0.29, 0.717) is 0 Å². The van der Waals surface area contributed by atoms with E-state index in [9.17, 15) is 9.18 Å². The molecule has 1 aromatic rings. The van der Waals surface area contributed by atoms with Crippen LogP contribution in [0.5, 0.6) is 0 Å². The number of nitrogens with zero attached hydrogens (tertiary/aromatic N) is 1. The standard InChI is InChI=1S/C11H14FNO2/c1-7(2)8(3)15-11(14)9-4-5-10(12)13-6-9/h4-8H,1-3H3. The van der Waals surface area contributed by atoms with Crippen molar-refractivity contribution < 1.29 is 13.9 Å². The van der Waals surface area contributed by atoms with E-state index in [2.05, 4.69) is 4.98 Å². The summed E-state index contributed by atoms with van der Waals surface area (Å²) in [7, 11) is 0. The number of pyridine rings is 1. The van der Waals surface area contributed by atoms with Crippen molar-refractivity contribution in [2.24, 2.45) is 5.92 Å². The highest BCUT2D eigenvalue weighted by Crippen LogP contribution is 2.09. The van der Waals surface area contributed by atoms with Crippen molar-refractivity contribution in [3.05, 3.63) is 29.8 Å². The maximum absolute atomic E-state index is 12.5. The molecular weight excluding hydrogens is 197 g/mol. The van der Waals surface area contributed by atoms with Gasteiger partial charge in [0.15, 0.2) is 0 Å². The molecule has 0 amide bonds. The molecule has 0 fully saturated rings. The van der Waals surface area contributed by atoms with Crippen LogP contribution in [0.4, 0.5) is 4.39 Å². The second kappa shape index (κ2) is 4.87. The predicted octanol–water partition coefficient (Wildman–Crippen LogP) is 2.42. The minimum absolute atomic E-state index is 0.164. The molecule has 0 saturated heterocycles. The molecule has 0 N–H and O–H groups in total. The van der Waals surface area contributed by atoms with Gasteiger partial charge in [0.25, 0.3) is 0 Å². The number of halogens is 1. The van der Waals surface area contributed by atoms with E-state index in [1.54, 1.807) is 0 Å². The summed E-state index contributed by atoms with van der Waals surface area (Å²) >= 11 is 0. The average molecular weight is 211 g/mol. The summed E-state index contributed by atoms with van der Waals surface area (Å²) < 4.78 is 17.6. The highest BCUT2D eigenvalue weighted by atomic mass is 19.1. The Labute approximate surface area is 88.3 Å². The number of hydrogen-bond acceptors (Lipinski definition) is 3. The monoisotopic (exact) mass is 211 g/mol. The minimum atomic E-state index is -0.608. The van der Waals surface area contributed by atoms with E-state index in [0.717, 1.165) is 6.07 Å². The molecular formula is C11H14FNO2. The van der Waals surface area contributed by atoms with Gasteiger partial charge < -0.3 is 4.74 Å². The van der Waals surface area contributed by atoms with Crippen LogP contribution in [0.15, 0.2) is 18.3 Å². The molecule has 4 heteroatoms. The molecule has 1 rings (SSSR count). The molecule has 82 valence electrons. The molecule has 0 aliphatic rings. The molecule has 0 aliphatic heterocycles. The molecule has 1 unspecified atom stereocenters. The smallest absolute Gasteiger partial charge is 0.339 e. The topological polar surface area (TPSA) is 39.2 Å². The lowest BCUT2D eigenvalue weighted by molar-refractivity contribution is 0.0237. The van der Waals surface area contributed by atoms with Crippen molar-refractivity contribution in [1.29, 1.82) is 0 Å². The molecule has 0 aliphatic carbocycles. The Hall–Kier alpha value is -1.45. The molecule has 15 heavy (non-hydrogen) atoms. The Bertz CT molecular complexity index is 335. The van der Waals surface area contributed by atoms with Crippen LogP contribution in [-0.2, 0) is 4.74 Å². The predicted molar refractivity (Wildman–Crippen MR) is 53.9 cm³/mol. The summed E-state index contributed by atoms with van der Waals surface area (Å²) in [5.74, 6) is -0.825. The van der Waals surface area contributed by atoms with Crippen LogP contribution in [0.1, 0.15) is 31.1 Å². The van der Waals surface area contributed by atoms with Gasteiger partial charge in [0, 0.05) is 6.20 Å². The number of hydrogen-bond donors (Lipinski definition) is 0. The first kappa shape index (κ1) is 11.6. The number of carbonyl (C=O) groups excluding carboxylic acids is 1. The zero-order valence-corrected chi connectivity index (χ0v) is 9.03. The zero-order chi connectivity index (χ0) is 11.4. The van der Waals surface area contributed by atoms with E-state index in [1.165, 1.54) is 12.3 Å². The third-order valence-electron chi connectivity index (χ3n) is 2.19. The van der Waals surface area contributed by atoms with Gasteiger partial charge in [-0.2, -0.15) is 4.39 Å². The van der Waals surface area contributed by atoms with Gasteiger partial charge in [0.2, 0.25) is 5.95 Å². The Morgan fingerprint density at radius 2 is 2.07 bits per heavy atom. The molecule has 0 bridgehead atoms. The van der Waals surface area contributed by atoms with E-state index in [1.807, 2.05) is 20.8 Å². The fourth-order valence-corrected chi connectivity index (χ4v) is 0.870. The summed E-state index contributed by atoms with van der Waals surface area (Å²) in [5, 5.41) is 0. The third kappa shape index (κ3) is 3.31. The molecule has 1 atom stereocenters. The fourth-order valence-electron chi connectivity index (χ4n) is 0.870. The number of carbonyl (C=O) groups is 1. The van der Waals surface area contributed by atoms with Crippen LogP contribution in [0, 0.1) is 11.9 Å². The maximum atomic E-state index is 12.5. The largest absolute Gasteiger partial charge is 0.459 e. The maximum Gasteiger partial charge on any atom is 0.339 e. The van der Waals surface area contributed by atoms with E-state index < -0.39 is 11.9 Å². The van der Waals surface area contributed by atoms with Crippen LogP contribution in [0.25, 0.3) is 0 Å². The molecule has 0 saturated carbocycles. The molecule has 0 aromatic carbocycles. The number of esters is 1. The van der Waals surface area contributed by atoms with Crippen molar-refractivity contribution >= 4 is 5.97 Å². The average Bonchev–Trinajstić information content (AvgIpc) is 2.18. The van der Waals surface area contributed by atoms with Crippen molar-refractivity contribution in [3.8, 4) is 0 Å². The summed E-state index contributed by atoms with van der Waals surface area (Å²) in [6.45, 7) is 5.74. The first-order valence-electron chi connectivity index (χ1n) is 4.83. The Morgan fingerprint density at radius 3 is 2.53 bits per heavy atom. The van der Waals surface area contributed by atoms with Crippen molar-refractivity contribution in [2.75, 3.05) is 0 Å². The Balaban J connectivity index is 2.65. The molecule has 0 radical (unpaired) electrons. The lowest BCUT2D eigenvalue weighted by Crippen LogP contribution is -2.20. The normalized spacial score (nSPS) is 12.6. The molecule has 1 heterocycles. The van der Waals surface area contributed by atoms with Gasteiger partial charge in [0.05, 0.1) is 5.56 Å². The molecule has 0 spiro atoms. The number of aromatic nitrogens is 1. The molecule has 3 nitrogen and oxygen atoms in total. The SMILES string of the molecule is CC(C)C(C)OC(=O)c1ccc(F)nc1. The second-order valence-electron chi connectivity index (χ2n) is 3.72. The zero-order valence-electron chi connectivity index (χ0n) is 9.03. The van der Waals surface area contributed by atoms with Gasteiger partial charge in [-0.3, -0.25) is 0 Å². The minimum Gasteiger partial charge on any atom is -0.459 e. The van der Waals surface area contributed by atoms with Crippen molar-refractivity contribution in [2.45, 2.75) is 26.9 Å². The Morgan fingerprint density at radius 1 is 1.40 bits per heavy atom. The van der Waals surface area contributed by atoms with Gasteiger partial charge in [-0.05, 0) is 25.0 Å². The summed E-state index contributed by atoms with van der Waals surface area (Å²) in [6.07, 6.45) is 1.01. The quantitative estimate of drug-likeness (QED) is 0.569.